The van der Waals surface area contributed by atoms with Gasteiger partial charge in [-0.25, -0.2) is 0 Å². The molecule has 0 aromatic carbocycles. The zero-order valence-electron chi connectivity index (χ0n) is 4.37. The van der Waals surface area contributed by atoms with E-state index in [0.29, 0.717) is 0 Å². The number of hydrogen-bond donors (Lipinski definition) is 1. The number of thioether (sulfide) groups is 1. The third-order valence-corrected chi connectivity index (χ3v) is 2.39. The van der Waals surface area contributed by atoms with E-state index in [1.807, 2.05) is 6.07 Å². The summed E-state index contributed by atoms with van der Waals surface area (Å²) in [6.45, 7) is 0. The lowest BCUT2D eigenvalue weighted by atomic mass is 10.1. The van der Waals surface area contributed by atoms with Gasteiger partial charge in [-0.05, 0) is 0 Å². The SMILES string of the molecule is N#CC1CSCC1O. The first-order chi connectivity index (χ1) is 3.84. The van der Waals surface area contributed by atoms with Gasteiger partial charge in [-0.2, -0.15) is 17.0 Å². The summed E-state index contributed by atoms with van der Waals surface area (Å²) in [6.07, 6.45) is -0.370. The normalized spacial score (nSPS) is 37.0. The third-order valence-electron chi connectivity index (χ3n) is 1.22. The Morgan fingerprint density at radius 3 is 2.62 bits per heavy atom. The average molecular weight is 129 g/mol. The van der Waals surface area contributed by atoms with Crippen LogP contribution in [0.15, 0.2) is 0 Å². The molecule has 1 heterocycles. The molecule has 0 aliphatic carbocycles. The molecule has 0 spiro atoms. The van der Waals surface area contributed by atoms with Crippen LogP contribution in [0.4, 0.5) is 0 Å². The number of nitrogens with zero attached hydrogens (tertiary/aromatic N) is 1. The van der Waals surface area contributed by atoms with E-state index in [2.05, 4.69) is 0 Å². The molecular weight excluding hydrogens is 122 g/mol. The number of hydrogen-bond acceptors (Lipinski definition) is 3. The van der Waals surface area contributed by atoms with E-state index in [4.69, 9.17) is 10.4 Å². The summed E-state index contributed by atoms with van der Waals surface area (Å²) in [5, 5.41) is 17.3. The van der Waals surface area contributed by atoms with Gasteiger partial charge >= 0.3 is 0 Å². The second kappa shape index (κ2) is 2.38. The van der Waals surface area contributed by atoms with Crippen LogP contribution in [0.1, 0.15) is 0 Å². The van der Waals surface area contributed by atoms with Gasteiger partial charge in [-0.15, -0.1) is 0 Å². The lowest BCUT2D eigenvalue weighted by Gasteiger charge is -1.99. The van der Waals surface area contributed by atoms with Crippen LogP contribution < -0.4 is 0 Å². The maximum absolute atomic E-state index is 8.95. The van der Waals surface area contributed by atoms with Gasteiger partial charge in [0.2, 0.25) is 0 Å². The summed E-state index contributed by atoms with van der Waals surface area (Å²) >= 11 is 1.64. The molecule has 1 aliphatic rings. The van der Waals surface area contributed by atoms with Crippen molar-refractivity contribution in [1.29, 1.82) is 5.26 Å². The van der Waals surface area contributed by atoms with Crippen molar-refractivity contribution in [3.63, 3.8) is 0 Å². The van der Waals surface area contributed by atoms with Gasteiger partial charge in [0.25, 0.3) is 0 Å². The van der Waals surface area contributed by atoms with Crippen LogP contribution in [-0.2, 0) is 0 Å². The van der Waals surface area contributed by atoms with Crippen molar-refractivity contribution in [2.24, 2.45) is 5.92 Å². The fraction of sp³-hybridized carbons (Fsp3) is 0.800. The summed E-state index contributed by atoms with van der Waals surface area (Å²) in [4.78, 5) is 0. The minimum Gasteiger partial charge on any atom is -0.391 e. The zero-order valence-corrected chi connectivity index (χ0v) is 5.19. The largest absolute Gasteiger partial charge is 0.391 e. The molecule has 2 nitrogen and oxygen atoms in total. The van der Waals surface area contributed by atoms with Crippen LogP contribution in [0, 0.1) is 17.2 Å². The predicted octanol–water partition coefficient (Wildman–Crippen LogP) is 0.234. The van der Waals surface area contributed by atoms with E-state index in [1.54, 1.807) is 11.8 Å². The van der Waals surface area contributed by atoms with Crippen molar-refractivity contribution in [1.82, 2.24) is 0 Å². The van der Waals surface area contributed by atoms with Crippen molar-refractivity contribution in [2.45, 2.75) is 6.10 Å². The van der Waals surface area contributed by atoms with Gasteiger partial charge in [-0.3, -0.25) is 0 Å². The zero-order chi connectivity index (χ0) is 5.98. The van der Waals surface area contributed by atoms with Gasteiger partial charge < -0.3 is 5.11 Å². The first kappa shape index (κ1) is 5.93. The van der Waals surface area contributed by atoms with E-state index >= 15 is 0 Å². The summed E-state index contributed by atoms with van der Waals surface area (Å²) in [7, 11) is 0. The molecule has 1 fully saturated rings. The fourth-order valence-electron chi connectivity index (χ4n) is 0.666. The molecule has 0 bridgehead atoms. The highest BCUT2D eigenvalue weighted by Gasteiger charge is 2.24. The Morgan fingerprint density at radius 2 is 2.38 bits per heavy atom. The van der Waals surface area contributed by atoms with Gasteiger partial charge in [0.15, 0.2) is 0 Å². The molecule has 3 heteroatoms. The number of rotatable bonds is 0. The number of nitriles is 1. The molecule has 0 saturated carbocycles. The monoisotopic (exact) mass is 129 g/mol. The topological polar surface area (TPSA) is 44.0 Å². The second-order valence-corrected chi connectivity index (χ2v) is 2.92. The molecule has 2 unspecified atom stereocenters. The minimum atomic E-state index is -0.370. The molecule has 0 amide bonds. The average Bonchev–Trinajstić information content (AvgIpc) is 2.14. The lowest BCUT2D eigenvalue weighted by molar-refractivity contribution is 0.174. The molecule has 2 atom stereocenters. The highest BCUT2D eigenvalue weighted by Crippen LogP contribution is 2.22. The maximum atomic E-state index is 8.95. The minimum absolute atomic E-state index is 0.111. The van der Waals surface area contributed by atoms with Crippen LogP contribution in [0.5, 0.6) is 0 Å². The second-order valence-electron chi connectivity index (χ2n) is 1.84. The summed E-state index contributed by atoms with van der Waals surface area (Å²) in [5.74, 6) is 1.43. The van der Waals surface area contributed by atoms with E-state index in [1.165, 1.54) is 0 Å². The van der Waals surface area contributed by atoms with Crippen molar-refractivity contribution < 1.29 is 5.11 Å². The quantitative estimate of drug-likeness (QED) is 0.509. The summed E-state index contributed by atoms with van der Waals surface area (Å²) in [6, 6.07) is 2.04. The molecule has 1 rings (SSSR count). The van der Waals surface area contributed by atoms with Gasteiger partial charge in [0.05, 0.1) is 18.1 Å². The van der Waals surface area contributed by atoms with Crippen molar-refractivity contribution in [3.05, 3.63) is 0 Å². The van der Waals surface area contributed by atoms with Crippen molar-refractivity contribution in [2.75, 3.05) is 11.5 Å². The molecule has 0 aromatic rings. The Kier molecular flexibility index (Phi) is 1.77. The van der Waals surface area contributed by atoms with Crippen LogP contribution in [0.3, 0.4) is 0 Å². The van der Waals surface area contributed by atoms with Gasteiger partial charge in [-0.1, -0.05) is 0 Å². The van der Waals surface area contributed by atoms with E-state index in [9.17, 15) is 0 Å². The maximum Gasteiger partial charge on any atom is 0.0821 e. The fourth-order valence-corrected chi connectivity index (χ4v) is 1.83. The van der Waals surface area contributed by atoms with Crippen molar-refractivity contribution >= 4 is 11.8 Å². The molecule has 8 heavy (non-hydrogen) atoms. The number of aliphatic hydroxyl groups excluding tert-OH is 1. The lowest BCUT2D eigenvalue weighted by Crippen LogP contribution is -2.14. The van der Waals surface area contributed by atoms with Gasteiger partial charge in [0.1, 0.15) is 0 Å². The van der Waals surface area contributed by atoms with Crippen LogP contribution in [-0.4, -0.2) is 22.7 Å². The molecule has 1 N–H and O–H groups in total. The third kappa shape index (κ3) is 0.960. The Morgan fingerprint density at radius 1 is 1.62 bits per heavy atom. The van der Waals surface area contributed by atoms with Crippen LogP contribution in [0.2, 0.25) is 0 Å². The molecule has 0 radical (unpaired) electrons. The summed E-state index contributed by atoms with van der Waals surface area (Å²) in [5.41, 5.74) is 0. The predicted molar refractivity (Wildman–Crippen MR) is 32.4 cm³/mol. The molecule has 44 valence electrons. The Hall–Kier alpha value is -0.200. The first-order valence-electron chi connectivity index (χ1n) is 2.50. The molecule has 1 saturated heterocycles. The first-order valence-corrected chi connectivity index (χ1v) is 3.65. The highest BCUT2D eigenvalue weighted by atomic mass is 32.2. The Labute approximate surface area is 52.5 Å². The van der Waals surface area contributed by atoms with Crippen LogP contribution in [0.25, 0.3) is 0 Å². The van der Waals surface area contributed by atoms with Crippen LogP contribution >= 0.6 is 11.8 Å². The molecule has 1 aliphatic heterocycles. The van der Waals surface area contributed by atoms with E-state index in [-0.39, 0.29) is 12.0 Å². The van der Waals surface area contributed by atoms with Gasteiger partial charge in [0, 0.05) is 11.5 Å². The molecular formula is C5H7NOS. The standard InChI is InChI=1S/C5H7NOS/c6-1-4-2-8-3-5(4)7/h4-5,7H,2-3H2. The molecule has 0 aromatic heterocycles. The smallest absolute Gasteiger partial charge is 0.0821 e. The Balaban J connectivity index is 2.45. The van der Waals surface area contributed by atoms with E-state index in [0.717, 1.165) is 11.5 Å². The van der Waals surface area contributed by atoms with Crippen molar-refractivity contribution in [3.8, 4) is 6.07 Å². The Bertz CT molecular complexity index is 120. The number of aliphatic hydroxyl groups is 1. The summed E-state index contributed by atoms with van der Waals surface area (Å²) < 4.78 is 0. The highest BCUT2D eigenvalue weighted by molar-refractivity contribution is 7.99. The van der Waals surface area contributed by atoms with E-state index < -0.39 is 0 Å².